The Bertz CT molecular complexity index is 1100. The molecule has 30 heavy (non-hydrogen) atoms. The van der Waals surface area contributed by atoms with Crippen LogP contribution in [0.3, 0.4) is 0 Å². The second-order valence-corrected chi connectivity index (χ2v) is 6.97. The molecule has 0 atom stereocenters. The molecule has 0 aliphatic carbocycles. The molecule has 4 aromatic rings. The van der Waals surface area contributed by atoms with Crippen molar-refractivity contribution in [1.82, 2.24) is 5.16 Å². The number of nitrogens with one attached hydrogen (secondary N) is 1. The molecule has 0 spiro atoms. The summed E-state index contributed by atoms with van der Waals surface area (Å²) in [7, 11) is 0. The molecule has 0 unspecified atom stereocenters. The quantitative estimate of drug-likeness (QED) is 0.452. The monoisotopic (exact) mass is 398 g/mol. The Morgan fingerprint density at radius 3 is 2.27 bits per heavy atom. The van der Waals surface area contributed by atoms with Crippen molar-refractivity contribution >= 4 is 11.6 Å². The lowest BCUT2D eigenvalue weighted by atomic mass is 10.1. The number of rotatable bonds is 7. The molecule has 0 radical (unpaired) electrons. The third-order valence-electron chi connectivity index (χ3n) is 4.71. The van der Waals surface area contributed by atoms with Gasteiger partial charge in [0.1, 0.15) is 23.7 Å². The van der Waals surface area contributed by atoms with E-state index in [2.05, 4.69) is 10.5 Å². The highest BCUT2D eigenvalue weighted by Gasteiger charge is 2.17. The molecule has 1 N–H and O–H groups in total. The first-order valence-corrected chi connectivity index (χ1v) is 9.76. The van der Waals surface area contributed by atoms with Gasteiger partial charge in [-0.3, -0.25) is 4.79 Å². The lowest BCUT2D eigenvalue weighted by Crippen LogP contribution is -2.15. The van der Waals surface area contributed by atoms with Crippen LogP contribution in [0.4, 0.5) is 5.69 Å². The maximum Gasteiger partial charge on any atom is 0.228 e. The molecule has 3 aromatic carbocycles. The third-order valence-corrected chi connectivity index (χ3v) is 4.71. The van der Waals surface area contributed by atoms with Crippen LogP contribution < -0.4 is 10.1 Å². The van der Waals surface area contributed by atoms with Crippen molar-refractivity contribution in [3.05, 3.63) is 102 Å². The molecule has 5 nitrogen and oxygen atoms in total. The topological polar surface area (TPSA) is 64.4 Å². The smallest absolute Gasteiger partial charge is 0.228 e. The van der Waals surface area contributed by atoms with Crippen LogP contribution >= 0.6 is 0 Å². The number of carbonyl (C=O) groups is 1. The van der Waals surface area contributed by atoms with E-state index in [1.165, 1.54) is 0 Å². The van der Waals surface area contributed by atoms with Gasteiger partial charge in [0.25, 0.3) is 0 Å². The van der Waals surface area contributed by atoms with Crippen LogP contribution in [0.25, 0.3) is 11.3 Å². The van der Waals surface area contributed by atoms with Gasteiger partial charge in [-0.1, -0.05) is 78.0 Å². The minimum atomic E-state index is -0.128. The standard InChI is InChI=1S/C25H22N2O3/c1-18-24(25(27-30-18)21-10-6-3-7-11-21)26-23(28)16-19-12-14-22(15-13-19)29-17-20-8-4-2-5-9-20/h2-15H,16-17H2,1H3,(H,26,28). The summed E-state index contributed by atoms with van der Waals surface area (Å²) in [5.74, 6) is 1.22. The molecule has 5 heteroatoms. The predicted molar refractivity (Wildman–Crippen MR) is 116 cm³/mol. The number of benzene rings is 3. The van der Waals surface area contributed by atoms with Gasteiger partial charge in [0.2, 0.25) is 5.91 Å². The average molecular weight is 398 g/mol. The Hall–Kier alpha value is -3.86. The number of ether oxygens (including phenoxy) is 1. The van der Waals surface area contributed by atoms with E-state index in [9.17, 15) is 4.79 Å². The fourth-order valence-corrected chi connectivity index (χ4v) is 3.13. The molecule has 0 saturated heterocycles. The normalized spacial score (nSPS) is 10.6. The summed E-state index contributed by atoms with van der Waals surface area (Å²) in [5, 5.41) is 7.04. The molecular formula is C25H22N2O3. The first-order valence-electron chi connectivity index (χ1n) is 9.76. The SMILES string of the molecule is Cc1onc(-c2ccccc2)c1NC(=O)Cc1ccc(OCc2ccccc2)cc1. The zero-order valence-corrected chi connectivity index (χ0v) is 16.7. The van der Waals surface area contributed by atoms with Gasteiger partial charge in [-0.2, -0.15) is 0 Å². The average Bonchev–Trinajstić information content (AvgIpc) is 3.14. The van der Waals surface area contributed by atoms with Crippen LogP contribution in [0.2, 0.25) is 0 Å². The van der Waals surface area contributed by atoms with E-state index in [0.29, 0.717) is 23.7 Å². The second kappa shape index (κ2) is 9.09. The number of anilines is 1. The number of hydrogen-bond acceptors (Lipinski definition) is 4. The predicted octanol–water partition coefficient (Wildman–Crippen LogP) is 5.41. The Balaban J connectivity index is 1.37. The highest BCUT2D eigenvalue weighted by atomic mass is 16.5. The van der Waals surface area contributed by atoms with E-state index in [4.69, 9.17) is 9.26 Å². The maximum atomic E-state index is 12.6. The van der Waals surface area contributed by atoms with Gasteiger partial charge in [-0.25, -0.2) is 0 Å². The maximum absolute atomic E-state index is 12.6. The molecule has 0 saturated carbocycles. The molecule has 0 fully saturated rings. The Kier molecular flexibility index (Phi) is 5.90. The number of amides is 1. The van der Waals surface area contributed by atoms with E-state index < -0.39 is 0 Å². The summed E-state index contributed by atoms with van der Waals surface area (Å²) >= 11 is 0. The third kappa shape index (κ3) is 4.75. The summed E-state index contributed by atoms with van der Waals surface area (Å²) < 4.78 is 11.1. The summed E-state index contributed by atoms with van der Waals surface area (Å²) in [5.41, 5.74) is 4.14. The van der Waals surface area contributed by atoms with Crippen molar-refractivity contribution in [2.24, 2.45) is 0 Å². The minimum Gasteiger partial charge on any atom is -0.489 e. The molecule has 150 valence electrons. The summed E-state index contributed by atoms with van der Waals surface area (Å²) in [4.78, 5) is 12.6. The molecule has 1 aromatic heterocycles. The zero-order valence-electron chi connectivity index (χ0n) is 16.7. The molecule has 0 aliphatic rings. The van der Waals surface area contributed by atoms with E-state index in [0.717, 1.165) is 22.4 Å². The number of hydrogen-bond donors (Lipinski definition) is 1. The number of nitrogens with zero attached hydrogens (tertiary/aromatic N) is 1. The molecule has 0 bridgehead atoms. The number of aromatic nitrogens is 1. The van der Waals surface area contributed by atoms with E-state index >= 15 is 0 Å². The Morgan fingerprint density at radius 2 is 1.57 bits per heavy atom. The fourth-order valence-electron chi connectivity index (χ4n) is 3.13. The van der Waals surface area contributed by atoms with Gasteiger partial charge in [0.05, 0.1) is 6.42 Å². The first kappa shape index (κ1) is 19.5. The van der Waals surface area contributed by atoms with Crippen LogP contribution in [0, 0.1) is 6.92 Å². The highest BCUT2D eigenvalue weighted by Crippen LogP contribution is 2.30. The van der Waals surface area contributed by atoms with Crippen LogP contribution in [-0.2, 0) is 17.8 Å². The van der Waals surface area contributed by atoms with Crippen molar-refractivity contribution in [2.45, 2.75) is 20.0 Å². The van der Waals surface area contributed by atoms with Crippen molar-refractivity contribution < 1.29 is 14.1 Å². The molecule has 0 aliphatic heterocycles. The van der Waals surface area contributed by atoms with Gasteiger partial charge in [-0.15, -0.1) is 0 Å². The molecular weight excluding hydrogens is 376 g/mol. The van der Waals surface area contributed by atoms with Crippen molar-refractivity contribution in [3.8, 4) is 17.0 Å². The van der Waals surface area contributed by atoms with Crippen LogP contribution in [0.1, 0.15) is 16.9 Å². The highest BCUT2D eigenvalue weighted by molar-refractivity contribution is 5.96. The van der Waals surface area contributed by atoms with Crippen molar-refractivity contribution in [2.75, 3.05) is 5.32 Å². The fraction of sp³-hybridized carbons (Fsp3) is 0.120. The number of carbonyl (C=O) groups excluding carboxylic acids is 1. The number of aryl methyl sites for hydroxylation is 1. The lowest BCUT2D eigenvalue weighted by molar-refractivity contribution is -0.115. The molecule has 1 heterocycles. The van der Waals surface area contributed by atoms with Gasteiger partial charge in [-0.05, 0) is 30.2 Å². The Morgan fingerprint density at radius 1 is 0.900 bits per heavy atom. The molecule has 4 rings (SSSR count). The van der Waals surface area contributed by atoms with Crippen LogP contribution in [0.15, 0.2) is 89.5 Å². The van der Waals surface area contributed by atoms with E-state index in [-0.39, 0.29) is 12.3 Å². The second-order valence-electron chi connectivity index (χ2n) is 6.97. The summed E-state index contributed by atoms with van der Waals surface area (Å²) in [6.07, 6.45) is 0.248. The summed E-state index contributed by atoms with van der Waals surface area (Å²) in [6.45, 7) is 2.30. The minimum absolute atomic E-state index is 0.128. The largest absolute Gasteiger partial charge is 0.489 e. The van der Waals surface area contributed by atoms with Crippen molar-refractivity contribution in [3.63, 3.8) is 0 Å². The van der Waals surface area contributed by atoms with Gasteiger partial charge >= 0.3 is 0 Å². The first-order chi connectivity index (χ1) is 14.7. The van der Waals surface area contributed by atoms with Crippen molar-refractivity contribution in [1.29, 1.82) is 0 Å². The van der Waals surface area contributed by atoms with Crippen LogP contribution in [-0.4, -0.2) is 11.1 Å². The summed E-state index contributed by atoms with van der Waals surface area (Å²) in [6, 6.07) is 27.2. The van der Waals surface area contributed by atoms with Gasteiger partial charge in [0, 0.05) is 5.56 Å². The van der Waals surface area contributed by atoms with Gasteiger partial charge in [0.15, 0.2) is 5.76 Å². The van der Waals surface area contributed by atoms with Crippen LogP contribution in [0.5, 0.6) is 5.75 Å². The van der Waals surface area contributed by atoms with E-state index in [1.54, 1.807) is 6.92 Å². The Labute approximate surface area is 175 Å². The van der Waals surface area contributed by atoms with E-state index in [1.807, 2.05) is 84.9 Å². The lowest BCUT2D eigenvalue weighted by Gasteiger charge is -2.08. The zero-order chi connectivity index (χ0) is 20.8. The molecule has 1 amide bonds. The van der Waals surface area contributed by atoms with Gasteiger partial charge < -0.3 is 14.6 Å².